The van der Waals surface area contributed by atoms with Gasteiger partial charge in [-0.15, -0.1) is 0 Å². The summed E-state index contributed by atoms with van der Waals surface area (Å²) in [6.45, 7) is 9.16. The zero-order valence-electron chi connectivity index (χ0n) is 14.7. The van der Waals surface area contributed by atoms with Crippen molar-refractivity contribution < 1.29 is 19.1 Å². The van der Waals surface area contributed by atoms with Crippen molar-refractivity contribution in [1.29, 1.82) is 0 Å². The molecular weight excluding hydrogens is 282 g/mol. The molecule has 0 radical (unpaired) electrons. The number of carbonyl (C=O) groups excluding carboxylic acids is 1. The van der Waals surface area contributed by atoms with Crippen molar-refractivity contribution in [2.24, 2.45) is 0 Å². The minimum Gasteiger partial charge on any atom is -0.469 e. The van der Waals surface area contributed by atoms with Crippen LogP contribution in [0.2, 0.25) is 0 Å². The van der Waals surface area contributed by atoms with Crippen molar-refractivity contribution in [3.05, 3.63) is 24.2 Å². The highest BCUT2D eigenvalue weighted by molar-refractivity contribution is 5.67. The third-order valence-electron chi connectivity index (χ3n) is 2.64. The molecule has 1 amide bonds. The molecule has 5 heteroatoms. The van der Waals surface area contributed by atoms with Crippen molar-refractivity contribution in [3.8, 4) is 0 Å². The number of aliphatic hydroxyl groups is 1. The molecule has 0 aliphatic heterocycles. The SMILES string of the molecule is CC(C)(O)CCCCc1ccco1.CNC(=O)OC(C)(C)C. The first kappa shape index (κ1) is 20.5. The third-order valence-corrected chi connectivity index (χ3v) is 2.64. The van der Waals surface area contributed by atoms with E-state index in [0.29, 0.717) is 0 Å². The summed E-state index contributed by atoms with van der Waals surface area (Å²) in [4.78, 5) is 10.5. The molecule has 22 heavy (non-hydrogen) atoms. The first-order valence-corrected chi connectivity index (χ1v) is 7.69. The second-order valence-electron chi connectivity index (χ2n) is 6.85. The average molecular weight is 313 g/mol. The first-order chi connectivity index (χ1) is 10.0. The molecule has 1 aromatic heterocycles. The fourth-order valence-corrected chi connectivity index (χ4v) is 1.64. The lowest BCUT2D eigenvalue weighted by molar-refractivity contribution is 0.0541. The van der Waals surface area contributed by atoms with Gasteiger partial charge in [0.1, 0.15) is 11.4 Å². The molecule has 0 bridgehead atoms. The van der Waals surface area contributed by atoms with Crippen molar-refractivity contribution in [3.63, 3.8) is 0 Å². The minimum absolute atomic E-state index is 0.387. The normalized spacial score (nSPS) is 11.4. The Balaban J connectivity index is 0.000000433. The zero-order valence-corrected chi connectivity index (χ0v) is 14.7. The molecule has 0 atom stereocenters. The number of ether oxygens (including phenoxy) is 1. The molecule has 0 aliphatic carbocycles. The van der Waals surface area contributed by atoms with Gasteiger partial charge >= 0.3 is 6.09 Å². The van der Waals surface area contributed by atoms with Crippen LogP contribution in [0.4, 0.5) is 4.79 Å². The number of nitrogens with one attached hydrogen (secondary N) is 1. The zero-order chi connectivity index (χ0) is 17.2. The molecule has 2 N–H and O–H groups in total. The van der Waals surface area contributed by atoms with E-state index in [4.69, 9.17) is 9.15 Å². The Morgan fingerprint density at radius 3 is 2.27 bits per heavy atom. The molecule has 1 aromatic rings. The average Bonchev–Trinajstić information content (AvgIpc) is 2.85. The summed E-state index contributed by atoms with van der Waals surface area (Å²) in [7, 11) is 1.54. The maximum atomic E-state index is 10.5. The number of hydrogen-bond acceptors (Lipinski definition) is 4. The lowest BCUT2D eigenvalue weighted by Gasteiger charge is -2.18. The van der Waals surface area contributed by atoms with Gasteiger partial charge in [-0.1, -0.05) is 6.42 Å². The second kappa shape index (κ2) is 9.51. The molecule has 0 fully saturated rings. The van der Waals surface area contributed by atoms with E-state index < -0.39 is 5.60 Å². The summed E-state index contributed by atoms with van der Waals surface area (Å²) in [5, 5.41) is 11.8. The van der Waals surface area contributed by atoms with E-state index in [9.17, 15) is 9.90 Å². The highest BCUT2D eigenvalue weighted by atomic mass is 16.6. The van der Waals surface area contributed by atoms with Crippen LogP contribution in [0.1, 0.15) is 59.6 Å². The van der Waals surface area contributed by atoms with Gasteiger partial charge in [0.2, 0.25) is 0 Å². The lowest BCUT2D eigenvalue weighted by Crippen LogP contribution is -2.30. The van der Waals surface area contributed by atoms with Crippen LogP contribution in [0.5, 0.6) is 0 Å². The van der Waals surface area contributed by atoms with Crippen LogP contribution in [0, 0.1) is 0 Å². The number of unbranched alkanes of at least 4 members (excludes halogenated alkanes) is 1. The Kier molecular flexibility index (Phi) is 8.87. The number of rotatable bonds is 5. The second-order valence-corrected chi connectivity index (χ2v) is 6.85. The van der Waals surface area contributed by atoms with Gasteiger partial charge in [0.05, 0.1) is 11.9 Å². The number of alkyl carbamates (subject to hydrolysis) is 1. The largest absolute Gasteiger partial charge is 0.469 e. The summed E-state index contributed by atoms with van der Waals surface area (Å²) in [5.74, 6) is 1.04. The van der Waals surface area contributed by atoms with Crippen LogP contribution in [-0.4, -0.2) is 29.4 Å². The Hall–Kier alpha value is -1.49. The molecule has 128 valence electrons. The Labute approximate surface area is 134 Å². The number of hydrogen-bond donors (Lipinski definition) is 2. The molecule has 0 aliphatic rings. The fraction of sp³-hybridized carbons (Fsp3) is 0.706. The van der Waals surface area contributed by atoms with Gasteiger partial charge in [0.25, 0.3) is 0 Å². The molecule has 0 aromatic carbocycles. The van der Waals surface area contributed by atoms with Crippen LogP contribution in [0.15, 0.2) is 22.8 Å². The fourth-order valence-electron chi connectivity index (χ4n) is 1.64. The van der Waals surface area contributed by atoms with Gasteiger partial charge in [-0.25, -0.2) is 4.79 Å². The predicted octanol–water partition coefficient (Wildman–Crippen LogP) is 3.90. The summed E-state index contributed by atoms with van der Waals surface area (Å²) in [5.41, 5.74) is -0.913. The summed E-state index contributed by atoms with van der Waals surface area (Å²) < 4.78 is 10.0. The van der Waals surface area contributed by atoms with E-state index in [2.05, 4.69) is 5.32 Å². The van der Waals surface area contributed by atoms with E-state index in [1.807, 2.05) is 46.8 Å². The van der Waals surface area contributed by atoms with Gasteiger partial charge in [-0.05, 0) is 59.6 Å². The number of furan rings is 1. The van der Waals surface area contributed by atoms with Crippen LogP contribution >= 0.6 is 0 Å². The standard InChI is InChI=1S/C11H18O2.C6H13NO2/c1-11(2,12)8-4-3-6-10-7-5-9-13-10;1-6(2,3)9-5(8)7-4/h5,7,9,12H,3-4,6,8H2,1-2H3;1-4H3,(H,7,8). The molecule has 0 spiro atoms. The van der Waals surface area contributed by atoms with Gasteiger partial charge < -0.3 is 19.6 Å². The number of carbonyl (C=O) groups is 1. The monoisotopic (exact) mass is 313 g/mol. The van der Waals surface area contributed by atoms with Crippen LogP contribution in [0.3, 0.4) is 0 Å². The molecule has 1 heterocycles. The predicted molar refractivity (Wildman–Crippen MR) is 87.9 cm³/mol. The van der Waals surface area contributed by atoms with E-state index in [1.165, 1.54) is 7.05 Å². The summed E-state index contributed by atoms with van der Waals surface area (Å²) in [6, 6.07) is 3.90. The molecule has 0 saturated heterocycles. The Bertz CT molecular complexity index is 399. The Morgan fingerprint density at radius 1 is 1.27 bits per heavy atom. The van der Waals surface area contributed by atoms with Crippen molar-refractivity contribution in [2.45, 2.75) is 71.5 Å². The number of aryl methyl sites for hydroxylation is 1. The van der Waals surface area contributed by atoms with E-state index >= 15 is 0 Å². The Morgan fingerprint density at radius 2 is 1.91 bits per heavy atom. The van der Waals surface area contributed by atoms with Gasteiger partial charge in [0.15, 0.2) is 0 Å². The van der Waals surface area contributed by atoms with E-state index in [-0.39, 0.29) is 11.7 Å². The van der Waals surface area contributed by atoms with Crippen molar-refractivity contribution in [1.82, 2.24) is 5.32 Å². The van der Waals surface area contributed by atoms with Crippen molar-refractivity contribution >= 4 is 6.09 Å². The van der Waals surface area contributed by atoms with Gasteiger partial charge in [0, 0.05) is 13.5 Å². The van der Waals surface area contributed by atoms with E-state index in [0.717, 1.165) is 31.4 Å². The van der Waals surface area contributed by atoms with E-state index in [1.54, 1.807) is 6.26 Å². The smallest absolute Gasteiger partial charge is 0.407 e. The lowest BCUT2D eigenvalue weighted by atomic mass is 10.0. The topological polar surface area (TPSA) is 71.7 Å². The van der Waals surface area contributed by atoms with Crippen molar-refractivity contribution in [2.75, 3.05) is 7.05 Å². The molecule has 0 saturated carbocycles. The van der Waals surface area contributed by atoms with Gasteiger partial charge in [-0.3, -0.25) is 0 Å². The highest BCUT2D eigenvalue weighted by Crippen LogP contribution is 2.14. The molecule has 5 nitrogen and oxygen atoms in total. The third kappa shape index (κ3) is 13.5. The van der Waals surface area contributed by atoms with Crippen LogP contribution in [0.25, 0.3) is 0 Å². The van der Waals surface area contributed by atoms with Gasteiger partial charge in [-0.2, -0.15) is 0 Å². The van der Waals surface area contributed by atoms with Crippen LogP contribution in [-0.2, 0) is 11.2 Å². The maximum absolute atomic E-state index is 10.5. The summed E-state index contributed by atoms with van der Waals surface area (Å²) >= 11 is 0. The van der Waals surface area contributed by atoms with Crippen LogP contribution < -0.4 is 5.32 Å². The number of amides is 1. The maximum Gasteiger partial charge on any atom is 0.407 e. The molecular formula is C17H31NO4. The highest BCUT2D eigenvalue weighted by Gasteiger charge is 2.14. The molecule has 1 rings (SSSR count). The first-order valence-electron chi connectivity index (χ1n) is 7.69. The summed E-state index contributed by atoms with van der Waals surface area (Å²) in [6.07, 6.45) is 5.27. The minimum atomic E-state index is -0.525. The molecule has 0 unspecified atom stereocenters. The quantitative estimate of drug-likeness (QED) is 0.809.